The molecule has 9 heteroatoms. The molecule has 7 N–H and O–H groups in total. The molecule has 9 nitrogen and oxygen atoms in total. The highest BCUT2D eigenvalue weighted by atomic mass is 16.5. The van der Waals surface area contributed by atoms with Gasteiger partial charge >= 0.3 is 0 Å². The van der Waals surface area contributed by atoms with Gasteiger partial charge in [0.25, 0.3) is 5.84 Å². The number of methoxy groups -OCH3 is 1. The highest BCUT2D eigenvalue weighted by Gasteiger charge is 2.30. The number of aromatic amines is 1. The minimum absolute atomic E-state index is 0.135. The Labute approximate surface area is 246 Å². The molecule has 218 valence electrons. The van der Waals surface area contributed by atoms with E-state index in [0.29, 0.717) is 38.3 Å². The number of nitrogens with two attached hydrogens (primary N) is 1. The highest BCUT2D eigenvalue weighted by Crippen LogP contribution is 2.20. The van der Waals surface area contributed by atoms with Crippen molar-refractivity contribution in [2.24, 2.45) is 5.73 Å². The molecule has 0 aliphatic carbocycles. The van der Waals surface area contributed by atoms with Gasteiger partial charge in [-0.25, -0.2) is 4.58 Å². The number of rotatable bonds is 11. The smallest absolute Gasteiger partial charge is 0.253 e. The van der Waals surface area contributed by atoms with Crippen LogP contribution < -0.4 is 26.4 Å². The third-order valence-electron chi connectivity index (χ3n) is 7.75. The van der Waals surface area contributed by atoms with Crippen molar-refractivity contribution in [2.75, 3.05) is 26.7 Å². The van der Waals surface area contributed by atoms with E-state index < -0.39 is 6.04 Å². The maximum absolute atomic E-state index is 13.4. The van der Waals surface area contributed by atoms with E-state index in [4.69, 9.17) is 10.5 Å². The second kappa shape index (κ2) is 13.9. The molecular weight excluding hydrogens is 526 g/mol. The number of carbonyl (C=O) groups excluding carboxylic acids is 1. The number of fused-ring (bicyclic) bond motifs is 1. The first-order chi connectivity index (χ1) is 20.5. The van der Waals surface area contributed by atoms with Crippen LogP contribution in [0.4, 0.5) is 0 Å². The zero-order chi connectivity index (χ0) is 29.3. The van der Waals surface area contributed by atoms with Gasteiger partial charge < -0.3 is 31.4 Å². The Hall–Kier alpha value is -4.47. The van der Waals surface area contributed by atoms with Crippen molar-refractivity contribution in [1.29, 1.82) is 5.41 Å². The largest absolute Gasteiger partial charge is 0.497 e. The average Bonchev–Trinajstić information content (AvgIpc) is 3.45. The molecule has 1 aliphatic rings. The number of carbonyl (C=O) groups is 1. The molecule has 1 amide bonds. The van der Waals surface area contributed by atoms with Gasteiger partial charge in [0.05, 0.1) is 19.7 Å². The molecule has 1 saturated heterocycles. The first kappa shape index (κ1) is 29.0. The number of amidine groups is 2. The lowest BCUT2D eigenvalue weighted by Crippen LogP contribution is -2.59. The molecule has 42 heavy (non-hydrogen) atoms. The standard InChI is InChI=1S/C33H39N7O2/c1-42-26-14-11-24(12-15-26)22-40(31(34)16-13-23-7-3-2-4-8-23)32(35)29(39-33(41)30-21-36-17-18-37-30)19-25-20-38-28-10-6-5-9-27(25)28/h2-12,14-15,20,29-30,34-38H,13,16-19,21-22H2,1H3,(H,39,41)/p+1/t29-,30-/m1/s1. The predicted octanol–water partition coefficient (Wildman–Crippen LogP) is 2.95. The molecule has 5 rings (SSSR count). The fourth-order valence-corrected chi connectivity index (χ4v) is 5.34. The van der Waals surface area contributed by atoms with Crippen LogP contribution in [0.2, 0.25) is 0 Å². The lowest BCUT2D eigenvalue weighted by molar-refractivity contribution is -0.433. The zero-order valence-electron chi connectivity index (χ0n) is 24.0. The quantitative estimate of drug-likeness (QED) is 0.0944. The molecule has 2 atom stereocenters. The summed E-state index contributed by atoms with van der Waals surface area (Å²) in [6.45, 7) is 2.47. The number of ether oxygens (including phenoxy) is 1. The van der Waals surface area contributed by atoms with Crippen LogP contribution in [0.3, 0.4) is 0 Å². The van der Waals surface area contributed by atoms with Crippen LogP contribution in [0.1, 0.15) is 23.1 Å². The van der Waals surface area contributed by atoms with Crippen molar-refractivity contribution >= 4 is 28.5 Å². The highest BCUT2D eigenvalue weighted by molar-refractivity contribution is 5.92. The molecule has 0 spiro atoms. The van der Waals surface area contributed by atoms with Crippen LogP contribution in [0.15, 0.2) is 85.1 Å². The van der Waals surface area contributed by atoms with Gasteiger partial charge in [-0.3, -0.25) is 4.79 Å². The molecule has 0 bridgehead atoms. The third kappa shape index (κ3) is 7.23. The first-order valence-electron chi connectivity index (χ1n) is 14.5. The molecule has 0 saturated carbocycles. The van der Waals surface area contributed by atoms with Gasteiger partial charge in [-0.2, -0.15) is 5.41 Å². The molecular formula is C33H40N7O2+. The molecule has 1 aliphatic heterocycles. The molecule has 1 aromatic heterocycles. The van der Waals surface area contributed by atoms with E-state index in [9.17, 15) is 10.2 Å². The first-order valence-corrected chi connectivity index (χ1v) is 14.5. The number of nitrogens with one attached hydrogen (secondary N) is 5. The second-order valence-electron chi connectivity index (χ2n) is 10.6. The van der Waals surface area contributed by atoms with Crippen molar-refractivity contribution in [3.8, 4) is 5.75 Å². The van der Waals surface area contributed by atoms with Gasteiger partial charge in [0, 0.05) is 49.6 Å². The monoisotopic (exact) mass is 566 g/mol. The van der Waals surface area contributed by atoms with Crippen LogP contribution in [0.5, 0.6) is 5.75 Å². The Balaban J connectivity index is 1.47. The summed E-state index contributed by atoms with van der Waals surface area (Å²) in [6.07, 6.45) is 3.73. The zero-order valence-corrected chi connectivity index (χ0v) is 24.0. The van der Waals surface area contributed by atoms with Crippen molar-refractivity contribution in [1.82, 2.24) is 20.9 Å². The fourth-order valence-electron chi connectivity index (χ4n) is 5.34. The number of H-pyrrole nitrogens is 1. The van der Waals surface area contributed by atoms with E-state index >= 15 is 0 Å². The minimum Gasteiger partial charge on any atom is -0.497 e. The van der Waals surface area contributed by atoms with E-state index in [0.717, 1.165) is 40.7 Å². The van der Waals surface area contributed by atoms with E-state index in [2.05, 4.69) is 39.1 Å². The Bertz CT molecular complexity index is 1520. The lowest BCUT2D eigenvalue weighted by Gasteiger charge is -2.27. The summed E-state index contributed by atoms with van der Waals surface area (Å²) in [5, 5.41) is 20.3. The van der Waals surface area contributed by atoms with Crippen LogP contribution in [-0.4, -0.2) is 66.0 Å². The number of hydrogen-bond acceptors (Lipinski definition) is 5. The molecule has 0 unspecified atom stereocenters. The Morgan fingerprint density at radius 2 is 1.81 bits per heavy atom. The summed E-state index contributed by atoms with van der Waals surface area (Å²) >= 11 is 0. The Morgan fingerprint density at radius 1 is 1.05 bits per heavy atom. The van der Waals surface area contributed by atoms with E-state index in [1.807, 2.05) is 71.4 Å². The van der Waals surface area contributed by atoms with E-state index in [1.165, 1.54) is 5.56 Å². The van der Waals surface area contributed by atoms with Gasteiger partial charge in [0.15, 0.2) is 5.84 Å². The summed E-state index contributed by atoms with van der Waals surface area (Å²) in [6, 6.07) is 25.1. The number of piperazine rings is 1. The van der Waals surface area contributed by atoms with E-state index in [1.54, 1.807) is 7.11 Å². The summed E-state index contributed by atoms with van der Waals surface area (Å²) in [7, 11) is 1.64. The molecule has 4 aromatic rings. The number of aromatic nitrogens is 1. The molecule has 0 radical (unpaired) electrons. The topological polar surface area (TPSA) is 131 Å². The van der Waals surface area contributed by atoms with Gasteiger partial charge in [0.1, 0.15) is 11.8 Å². The molecule has 3 aromatic carbocycles. The minimum atomic E-state index is -0.603. The van der Waals surface area contributed by atoms with Gasteiger partial charge in [-0.05, 0) is 41.3 Å². The number of aryl methyl sites for hydroxylation is 1. The molecule has 1 fully saturated rings. The summed E-state index contributed by atoms with van der Waals surface area (Å²) in [5.41, 5.74) is 11.0. The van der Waals surface area contributed by atoms with Crippen molar-refractivity contribution < 1.29 is 14.1 Å². The summed E-state index contributed by atoms with van der Waals surface area (Å²) < 4.78 is 7.19. The van der Waals surface area contributed by atoms with Crippen molar-refractivity contribution in [3.05, 3.63) is 102 Å². The number of hydrogen-bond donors (Lipinski definition) is 6. The number of benzene rings is 3. The maximum Gasteiger partial charge on any atom is 0.253 e. The molecule has 2 heterocycles. The van der Waals surface area contributed by atoms with Gasteiger partial charge in [0.2, 0.25) is 5.91 Å². The summed E-state index contributed by atoms with van der Waals surface area (Å²) in [5.74, 6) is 1.46. The SMILES string of the molecule is COc1ccc(C[N+](C(=N)[C@@H](Cc2c[nH]c3ccccc23)NC(=O)[C@H]2CNCCN2)=C(N)CCc2ccccc2)cc1. The average molecular weight is 567 g/mol. The van der Waals surface area contributed by atoms with Crippen molar-refractivity contribution in [2.45, 2.75) is 37.9 Å². The normalized spacial score (nSPS) is 16.5. The van der Waals surface area contributed by atoms with Crippen LogP contribution >= 0.6 is 0 Å². The van der Waals surface area contributed by atoms with Crippen LogP contribution in [0.25, 0.3) is 10.9 Å². The summed E-state index contributed by atoms with van der Waals surface area (Å²) in [4.78, 5) is 16.8. The Kier molecular flexibility index (Phi) is 9.63. The van der Waals surface area contributed by atoms with Crippen LogP contribution in [-0.2, 0) is 24.2 Å². The number of para-hydroxylation sites is 1. The lowest BCUT2D eigenvalue weighted by atomic mass is 10.0. The van der Waals surface area contributed by atoms with Crippen molar-refractivity contribution in [3.63, 3.8) is 0 Å². The third-order valence-corrected chi connectivity index (χ3v) is 7.75. The second-order valence-corrected chi connectivity index (χ2v) is 10.6. The predicted molar refractivity (Wildman–Crippen MR) is 167 cm³/mol. The van der Waals surface area contributed by atoms with E-state index in [-0.39, 0.29) is 17.8 Å². The van der Waals surface area contributed by atoms with Gasteiger partial charge in [-0.15, -0.1) is 0 Å². The fraction of sp³-hybridized carbons (Fsp3) is 0.303. The number of nitrogens with zero attached hydrogens (tertiary/aromatic N) is 1. The Morgan fingerprint density at radius 3 is 2.55 bits per heavy atom. The van der Waals surface area contributed by atoms with Gasteiger partial charge in [-0.1, -0.05) is 60.7 Å². The maximum atomic E-state index is 13.4. The van der Waals surface area contributed by atoms with Crippen LogP contribution in [0, 0.1) is 5.41 Å². The number of amides is 1.